The molecule has 0 amide bonds. The molecule has 1 aliphatic rings. The van der Waals surface area contributed by atoms with E-state index >= 15 is 0 Å². The first-order chi connectivity index (χ1) is 11.0. The molecule has 0 radical (unpaired) electrons. The van der Waals surface area contributed by atoms with Crippen molar-refractivity contribution in [1.29, 1.82) is 0 Å². The van der Waals surface area contributed by atoms with Crippen LogP contribution in [0.2, 0.25) is 0 Å². The SMILES string of the molecule is CCC(=O)CCCC(=O)C1=CC(=O)c2cccc(OC)c2C1=O. The van der Waals surface area contributed by atoms with Crippen molar-refractivity contribution in [2.24, 2.45) is 0 Å². The van der Waals surface area contributed by atoms with Gasteiger partial charge in [-0.25, -0.2) is 0 Å². The summed E-state index contributed by atoms with van der Waals surface area (Å²) in [4.78, 5) is 48.2. The maximum atomic E-state index is 12.5. The summed E-state index contributed by atoms with van der Waals surface area (Å²) in [6, 6.07) is 4.74. The van der Waals surface area contributed by atoms with Gasteiger partial charge in [0, 0.05) is 30.9 Å². The summed E-state index contributed by atoms with van der Waals surface area (Å²) < 4.78 is 5.13. The summed E-state index contributed by atoms with van der Waals surface area (Å²) in [5, 5.41) is 0. The Morgan fingerprint density at radius 3 is 2.52 bits per heavy atom. The van der Waals surface area contributed by atoms with Crippen molar-refractivity contribution in [1.82, 2.24) is 0 Å². The number of Topliss-reactive ketones (excluding diaryl/α,β-unsaturated/α-hetero) is 3. The van der Waals surface area contributed by atoms with Crippen LogP contribution in [0.15, 0.2) is 29.8 Å². The Morgan fingerprint density at radius 1 is 1.13 bits per heavy atom. The average Bonchev–Trinajstić information content (AvgIpc) is 2.56. The first-order valence-corrected chi connectivity index (χ1v) is 7.52. The second-order valence-electron chi connectivity index (χ2n) is 5.30. The van der Waals surface area contributed by atoms with E-state index in [2.05, 4.69) is 0 Å². The largest absolute Gasteiger partial charge is 0.496 e. The van der Waals surface area contributed by atoms with Gasteiger partial charge in [0.05, 0.1) is 18.2 Å². The fraction of sp³-hybridized carbons (Fsp3) is 0.333. The summed E-state index contributed by atoms with van der Waals surface area (Å²) in [7, 11) is 1.41. The highest BCUT2D eigenvalue weighted by atomic mass is 16.5. The Hall–Kier alpha value is -2.56. The fourth-order valence-electron chi connectivity index (χ4n) is 2.51. The van der Waals surface area contributed by atoms with E-state index in [9.17, 15) is 19.2 Å². The smallest absolute Gasteiger partial charge is 0.201 e. The zero-order chi connectivity index (χ0) is 17.0. The van der Waals surface area contributed by atoms with Crippen molar-refractivity contribution in [3.8, 4) is 5.75 Å². The standard InChI is InChI=1S/C18H18O5/c1-3-11(19)6-4-8-14(20)13-10-15(21)12-7-5-9-16(23-2)17(12)18(13)22/h5,7,9-10H,3-4,6,8H2,1-2H3. The van der Waals surface area contributed by atoms with Crippen LogP contribution in [0.25, 0.3) is 0 Å². The summed E-state index contributed by atoms with van der Waals surface area (Å²) in [6.45, 7) is 1.76. The molecular formula is C18H18O5. The van der Waals surface area contributed by atoms with E-state index in [-0.39, 0.29) is 40.4 Å². The highest BCUT2D eigenvalue weighted by Crippen LogP contribution is 2.30. The zero-order valence-corrected chi connectivity index (χ0v) is 13.2. The third kappa shape index (κ3) is 3.44. The van der Waals surface area contributed by atoms with Crippen LogP contribution in [-0.4, -0.2) is 30.2 Å². The van der Waals surface area contributed by atoms with Gasteiger partial charge in [-0.05, 0) is 12.5 Å². The van der Waals surface area contributed by atoms with E-state index in [1.54, 1.807) is 19.1 Å². The second kappa shape index (κ2) is 7.13. The molecule has 0 heterocycles. The van der Waals surface area contributed by atoms with Crippen molar-refractivity contribution >= 4 is 23.1 Å². The molecule has 0 aliphatic heterocycles. The minimum atomic E-state index is -0.496. The second-order valence-corrected chi connectivity index (χ2v) is 5.30. The molecule has 2 rings (SSSR count). The number of benzene rings is 1. The van der Waals surface area contributed by atoms with Crippen molar-refractivity contribution < 1.29 is 23.9 Å². The lowest BCUT2D eigenvalue weighted by molar-refractivity contribution is -0.119. The molecule has 0 spiro atoms. The van der Waals surface area contributed by atoms with E-state index in [0.717, 1.165) is 6.08 Å². The summed E-state index contributed by atoms with van der Waals surface area (Å²) in [6.07, 6.45) is 2.27. The lowest BCUT2D eigenvalue weighted by Gasteiger charge is -2.16. The summed E-state index contributed by atoms with van der Waals surface area (Å²) in [5.74, 6) is -0.940. The molecule has 5 heteroatoms. The van der Waals surface area contributed by atoms with Crippen molar-refractivity contribution in [3.05, 3.63) is 41.0 Å². The lowest BCUT2D eigenvalue weighted by atomic mass is 9.86. The number of ether oxygens (including phenoxy) is 1. The van der Waals surface area contributed by atoms with Crippen molar-refractivity contribution in [2.45, 2.75) is 32.6 Å². The van der Waals surface area contributed by atoms with E-state index < -0.39 is 11.6 Å². The lowest BCUT2D eigenvalue weighted by Crippen LogP contribution is -2.23. The van der Waals surface area contributed by atoms with Crippen LogP contribution >= 0.6 is 0 Å². The highest BCUT2D eigenvalue weighted by Gasteiger charge is 2.31. The van der Waals surface area contributed by atoms with Gasteiger partial charge in [-0.3, -0.25) is 19.2 Å². The summed E-state index contributed by atoms with van der Waals surface area (Å²) in [5.41, 5.74) is 0.249. The van der Waals surface area contributed by atoms with Gasteiger partial charge < -0.3 is 4.74 Å². The molecule has 1 aromatic carbocycles. The first-order valence-electron chi connectivity index (χ1n) is 7.52. The number of hydrogen-bond donors (Lipinski definition) is 0. The molecule has 1 aliphatic carbocycles. The molecule has 0 saturated carbocycles. The van der Waals surface area contributed by atoms with E-state index in [1.165, 1.54) is 13.2 Å². The molecule has 0 saturated heterocycles. The molecule has 0 N–H and O–H groups in total. The van der Waals surface area contributed by atoms with Gasteiger partial charge in [0.25, 0.3) is 0 Å². The minimum Gasteiger partial charge on any atom is -0.496 e. The zero-order valence-electron chi connectivity index (χ0n) is 13.2. The Labute approximate surface area is 134 Å². The maximum Gasteiger partial charge on any atom is 0.201 e. The predicted molar refractivity (Wildman–Crippen MR) is 83.9 cm³/mol. The third-order valence-electron chi connectivity index (χ3n) is 3.81. The monoisotopic (exact) mass is 314 g/mol. The van der Waals surface area contributed by atoms with Gasteiger partial charge in [0.2, 0.25) is 5.78 Å². The number of ketones is 4. The Morgan fingerprint density at radius 2 is 1.87 bits per heavy atom. The van der Waals surface area contributed by atoms with Crippen LogP contribution in [0.3, 0.4) is 0 Å². The van der Waals surface area contributed by atoms with Gasteiger partial charge in [0.1, 0.15) is 11.5 Å². The Bertz CT molecular complexity index is 712. The predicted octanol–water partition coefficient (Wildman–Crippen LogP) is 2.72. The van der Waals surface area contributed by atoms with E-state index in [1.807, 2.05) is 0 Å². The number of hydrogen-bond acceptors (Lipinski definition) is 5. The average molecular weight is 314 g/mol. The molecule has 0 atom stereocenters. The number of rotatable bonds is 7. The van der Waals surface area contributed by atoms with E-state index in [0.29, 0.717) is 19.3 Å². The summed E-state index contributed by atoms with van der Waals surface area (Å²) >= 11 is 0. The van der Waals surface area contributed by atoms with Crippen molar-refractivity contribution in [2.75, 3.05) is 7.11 Å². The fourth-order valence-corrected chi connectivity index (χ4v) is 2.51. The van der Waals surface area contributed by atoms with Crippen LogP contribution in [0.5, 0.6) is 5.75 Å². The number of carbonyl (C=O) groups excluding carboxylic acids is 4. The van der Waals surface area contributed by atoms with E-state index in [4.69, 9.17) is 4.74 Å². The first kappa shape index (κ1) is 16.8. The molecule has 120 valence electrons. The molecule has 0 bridgehead atoms. The van der Waals surface area contributed by atoms with Crippen LogP contribution in [0, 0.1) is 0 Å². The third-order valence-corrected chi connectivity index (χ3v) is 3.81. The van der Waals surface area contributed by atoms with Crippen LogP contribution in [0.4, 0.5) is 0 Å². The quantitative estimate of drug-likeness (QED) is 0.723. The topological polar surface area (TPSA) is 77.5 Å². The molecule has 1 aromatic rings. The van der Waals surface area contributed by atoms with Crippen molar-refractivity contribution in [3.63, 3.8) is 0 Å². The normalized spacial score (nSPS) is 13.4. The number of fused-ring (bicyclic) bond motifs is 1. The van der Waals surface area contributed by atoms with Crippen LogP contribution in [0.1, 0.15) is 53.3 Å². The Balaban J connectivity index is 2.21. The van der Waals surface area contributed by atoms with Gasteiger partial charge in [0.15, 0.2) is 11.6 Å². The molecule has 0 fully saturated rings. The molecule has 0 aromatic heterocycles. The minimum absolute atomic E-state index is 0.0705. The highest BCUT2D eigenvalue weighted by molar-refractivity contribution is 6.35. The van der Waals surface area contributed by atoms with Gasteiger partial charge in [-0.15, -0.1) is 0 Å². The molecule has 0 unspecified atom stereocenters. The van der Waals surface area contributed by atoms with Gasteiger partial charge >= 0.3 is 0 Å². The van der Waals surface area contributed by atoms with Crippen LogP contribution in [-0.2, 0) is 9.59 Å². The maximum absolute atomic E-state index is 12.5. The Kier molecular flexibility index (Phi) is 5.21. The number of allylic oxidation sites excluding steroid dienone is 2. The molecule has 23 heavy (non-hydrogen) atoms. The van der Waals surface area contributed by atoms with Gasteiger partial charge in [-0.1, -0.05) is 19.1 Å². The number of methoxy groups -OCH3 is 1. The van der Waals surface area contributed by atoms with Crippen LogP contribution < -0.4 is 4.74 Å². The molecule has 5 nitrogen and oxygen atoms in total. The molecular weight excluding hydrogens is 296 g/mol. The number of carbonyl (C=O) groups is 4. The van der Waals surface area contributed by atoms with Gasteiger partial charge in [-0.2, -0.15) is 0 Å².